The van der Waals surface area contributed by atoms with Gasteiger partial charge >= 0.3 is 5.97 Å². The molecule has 0 aromatic carbocycles. The van der Waals surface area contributed by atoms with E-state index in [0.717, 1.165) is 19.3 Å². The molecule has 0 aromatic heterocycles. The number of esters is 1. The van der Waals surface area contributed by atoms with Crippen LogP contribution in [0.3, 0.4) is 0 Å². The monoisotopic (exact) mass is 239 g/mol. The predicted octanol–water partition coefficient (Wildman–Crippen LogP) is 2.43. The lowest BCUT2D eigenvalue weighted by Crippen LogP contribution is -2.46. The largest absolute Gasteiger partial charge is 0.460 e. The summed E-state index contributed by atoms with van der Waals surface area (Å²) in [5.41, 5.74) is -0.740. The SMILES string of the molecule is CC(=O)OC(C(C)C)[C@@H]1CCC[C@@](C)(C#N)O1. The summed E-state index contributed by atoms with van der Waals surface area (Å²) < 4.78 is 11.1. The van der Waals surface area contributed by atoms with Crippen LogP contribution in [0.5, 0.6) is 0 Å². The first-order valence-corrected chi connectivity index (χ1v) is 6.14. The molecule has 4 heteroatoms. The van der Waals surface area contributed by atoms with Gasteiger partial charge in [0.2, 0.25) is 0 Å². The van der Waals surface area contributed by atoms with Gasteiger partial charge in [0.15, 0.2) is 5.60 Å². The van der Waals surface area contributed by atoms with Gasteiger partial charge in [-0.2, -0.15) is 5.26 Å². The number of hydrogen-bond acceptors (Lipinski definition) is 4. The third-order valence-corrected chi connectivity index (χ3v) is 3.12. The molecule has 17 heavy (non-hydrogen) atoms. The van der Waals surface area contributed by atoms with Crippen LogP contribution in [0.4, 0.5) is 0 Å². The molecular weight excluding hydrogens is 218 g/mol. The van der Waals surface area contributed by atoms with E-state index in [9.17, 15) is 4.79 Å². The van der Waals surface area contributed by atoms with Crippen molar-refractivity contribution in [2.24, 2.45) is 5.92 Å². The predicted molar refractivity (Wildman–Crippen MR) is 63.1 cm³/mol. The van der Waals surface area contributed by atoms with Gasteiger partial charge in [0.25, 0.3) is 0 Å². The Morgan fingerprint density at radius 3 is 2.71 bits per heavy atom. The molecule has 0 aromatic rings. The molecule has 1 unspecified atom stereocenters. The Balaban J connectivity index is 2.75. The molecule has 0 spiro atoms. The van der Waals surface area contributed by atoms with Crippen molar-refractivity contribution < 1.29 is 14.3 Å². The summed E-state index contributed by atoms with van der Waals surface area (Å²) in [4.78, 5) is 11.1. The van der Waals surface area contributed by atoms with Gasteiger partial charge in [-0.15, -0.1) is 0 Å². The van der Waals surface area contributed by atoms with Crippen molar-refractivity contribution in [1.82, 2.24) is 0 Å². The summed E-state index contributed by atoms with van der Waals surface area (Å²) in [7, 11) is 0. The van der Waals surface area contributed by atoms with Crippen LogP contribution in [-0.4, -0.2) is 23.8 Å². The van der Waals surface area contributed by atoms with E-state index in [1.54, 1.807) is 6.92 Å². The van der Waals surface area contributed by atoms with E-state index in [1.807, 2.05) is 13.8 Å². The third-order valence-electron chi connectivity index (χ3n) is 3.12. The van der Waals surface area contributed by atoms with Crippen molar-refractivity contribution in [1.29, 1.82) is 5.26 Å². The van der Waals surface area contributed by atoms with Gasteiger partial charge in [0, 0.05) is 6.92 Å². The van der Waals surface area contributed by atoms with Crippen LogP contribution in [0.1, 0.15) is 47.0 Å². The van der Waals surface area contributed by atoms with Crippen molar-refractivity contribution in [3.8, 4) is 6.07 Å². The first-order chi connectivity index (χ1) is 7.88. The zero-order chi connectivity index (χ0) is 13.1. The lowest BCUT2D eigenvalue weighted by molar-refractivity contribution is -0.176. The topological polar surface area (TPSA) is 59.3 Å². The molecule has 0 aliphatic carbocycles. The van der Waals surface area contributed by atoms with Gasteiger partial charge in [0.1, 0.15) is 6.10 Å². The summed E-state index contributed by atoms with van der Waals surface area (Å²) in [5.74, 6) is -0.110. The molecule has 4 nitrogen and oxygen atoms in total. The van der Waals surface area contributed by atoms with Gasteiger partial charge in [-0.1, -0.05) is 13.8 Å². The highest BCUT2D eigenvalue weighted by atomic mass is 16.6. The van der Waals surface area contributed by atoms with Crippen molar-refractivity contribution in [3.63, 3.8) is 0 Å². The Morgan fingerprint density at radius 1 is 1.59 bits per heavy atom. The number of nitrogens with zero attached hydrogens (tertiary/aromatic N) is 1. The second kappa shape index (κ2) is 5.50. The second-order valence-corrected chi connectivity index (χ2v) is 5.21. The Bertz CT molecular complexity index is 321. The molecule has 0 radical (unpaired) electrons. The molecule has 1 saturated heterocycles. The summed E-state index contributed by atoms with van der Waals surface area (Å²) >= 11 is 0. The molecule has 1 aliphatic rings. The molecule has 0 bridgehead atoms. The highest BCUT2D eigenvalue weighted by molar-refractivity contribution is 5.66. The van der Waals surface area contributed by atoms with E-state index >= 15 is 0 Å². The molecule has 0 N–H and O–H groups in total. The van der Waals surface area contributed by atoms with Crippen LogP contribution in [0.2, 0.25) is 0 Å². The fourth-order valence-corrected chi connectivity index (χ4v) is 2.24. The average Bonchev–Trinajstić information content (AvgIpc) is 2.25. The van der Waals surface area contributed by atoms with Crippen molar-refractivity contribution in [2.75, 3.05) is 0 Å². The quantitative estimate of drug-likeness (QED) is 0.710. The van der Waals surface area contributed by atoms with E-state index in [2.05, 4.69) is 6.07 Å². The molecule has 1 fully saturated rings. The van der Waals surface area contributed by atoms with Crippen molar-refractivity contribution >= 4 is 5.97 Å². The maximum atomic E-state index is 11.1. The smallest absolute Gasteiger partial charge is 0.303 e. The van der Waals surface area contributed by atoms with Crippen LogP contribution in [0, 0.1) is 17.2 Å². The minimum absolute atomic E-state index is 0.169. The van der Waals surface area contributed by atoms with Crippen LogP contribution in [-0.2, 0) is 14.3 Å². The number of hydrogen-bond donors (Lipinski definition) is 0. The summed E-state index contributed by atoms with van der Waals surface area (Å²) in [6, 6.07) is 2.19. The van der Waals surface area contributed by atoms with E-state index in [1.165, 1.54) is 6.92 Å². The van der Waals surface area contributed by atoms with Gasteiger partial charge in [-0.05, 0) is 32.1 Å². The molecule has 0 amide bonds. The molecular formula is C13H21NO3. The molecule has 0 saturated carbocycles. The number of nitriles is 1. The highest BCUT2D eigenvalue weighted by Crippen LogP contribution is 2.32. The van der Waals surface area contributed by atoms with E-state index in [0.29, 0.717) is 0 Å². The van der Waals surface area contributed by atoms with Crippen molar-refractivity contribution in [2.45, 2.75) is 64.8 Å². The minimum Gasteiger partial charge on any atom is -0.460 e. The van der Waals surface area contributed by atoms with Crippen LogP contribution < -0.4 is 0 Å². The van der Waals surface area contributed by atoms with Crippen LogP contribution in [0.25, 0.3) is 0 Å². The van der Waals surface area contributed by atoms with E-state index in [4.69, 9.17) is 14.7 Å². The molecule has 1 heterocycles. The maximum Gasteiger partial charge on any atom is 0.303 e. The highest BCUT2D eigenvalue weighted by Gasteiger charge is 2.39. The van der Waals surface area contributed by atoms with Crippen LogP contribution in [0.15, 0.2) is 0 Å². The van der Waals surface area contributed by atoms with E-state index < -0.39 is 5.60 Å². The van der Waals surface area contributed by atoms with Gasteiger partial charge in [-0.25, -0.2) is 0 Å². The molecule has 1 rings (SSSR count). The third kappa shape index (κ3) is 3.71. The Labute approximate surface area is 103 Å². The second-order valence-electron chi connectivity index (χ2n) is 5.21. The first kappa shape index (κ1) is 14.0. The van der Waals surface area contributed by atoms with Crippen LogP contribution >= 0.6 is 0 Å². The lowest BCUT2D eigenvalue weighted by atomic mass is 9.89. The molecule has 3 atom stereocenters. The number of carbonyl (C=O) groups excluding carboxylic acids is 1. The fraction of sp³-hybridized carbons (Fsp3) is 0.846. The Kier molecular flexibility index (Phi) is 4.53. The first-order valence-electron chi connectivity index (χ1n) is 6.14. The fourth-order valence-electron chi connectivity index (χ4n) is 2.24. The number of rotatable bonds is 3. The van der Waals surface area contributed by atoms with E-state index in [-0.39, 0.29) is 24.1 Å². The number of ether oxygens (including phenoxy) is 2. The Hall–Kier alpha value is -1.08. The normalized spacial score (nSPS) is 30.7. The van der Waals surface area contributed by atoms with Crippen molar-refractivity contribution in [3.05, 3.63) is 0 Å². The molecule has 96 valence electrons. The standard InChI is InChI=1S/C13H21NO3/c1-9(2)12(16-10(3)15)11-6-5-7-13(4,8-14)17-11/h9,11-12H,5-7H2,1-4H3/t11-,12?,13-/m0/s1. The lowest BCUT2D eigenvalue weighted by Gasteiger charge is -2.38. The zero-order valence-corrected chi connectivity index (χ0v) is 11.0. The minimum atomic E-state index is -0.740. The number of carbonyl (C=O) groups is 1. The zero-order valence-electron chi connectivity index (χ0n) is 11.0. The Morgan fingerprint density at radius 2 is 2.24 bits per heavy atom. The van der Waals surface area contributed by atoms with Gasteiger partial charge in [-0.3, -0.25) is 4.79 Å². The molecule has 1 aliphatic heterocycles. The summed E-state index contributed by atoms with van der Waals surface area (Å²) in [6.45, 7) is 7.19. The average molecular weight is 239 g/mol. The van der Waals surface area contributed by atoms with Gasteiger partial charge < -0.3 is 9.47 Å². The maximum absolute atomic E-state index is 11.1. The summed E-state index contributed by atoms with van der Waals surface area (Å²) in [5, 5.41) is 9.09. The van der Waals surface area contributed by atoms with Gasteiger partial charge in [0.05, 0.1) is 12.2 Å². The summed E-state index contributed by atoms with van der Waals surface area (Å²) in [6.07, 6.45) is 2.08.